The Bertz CT molecular complexity index is 727. The monoisotopic (exact) mass is 342 g/mol. The highest BCUT2D eigenvalue weighted by atomic mass is 32.2. The summed E-state index contributed by atoms with van der Waals surface area (Å²) in [7, 11) is -3.17. The summed E-state index contributed by atoms with van der Waals surface area (Å²) in [5, 5.41) is 16.0. The van der Waals surface area contributed by atoms with Crippen LogP contribution in [0.1, 0.15) is 12.5 Å². The van der Waals surface area contributed by atoms with E-state index in [0.717, 1.165) is 5.56 Å². The van der Waals surface area contributed by atoms with Crippen molar-refractivity contribution in [3.63, 3.8) is 0 Å². The van der Waals surface area contributed by atoms with Crippen LogP contribution in [-0.2, 0) is 16.6 Å². The maximum atomic E-state index is 11.7. The summed E-state index contributed by atoms with van der Waals surface area (Å²) in [5.74, 6) is 0.686. The van der Waals surface area contributed by atoms with Crippen LogP contribution >= 0.6 is 11.3 Å². The van der Waals surface area contributed by atoms with Crippen LogP contribution in [0.3, 0.4) is 0 Å². The van der Waals surface area contributed by atoms with Gasteiger partial charge < -0.3 is 4.90 Å². The first-order valence-electron chi connectivity index (χ1n) is 6.94. The molecule has 0 bridgehead atoms. The molecule has 2 aromatic rings. The minimum atomic E-state index is -3.17. The van der Waals surface area contributed by atoms with Crippen molar-refractivity contribution >= 4 is 27.3 Å². The minimum Gasteiger partial charge on any atom is -0.337 e. The van der Waals surface area contributed by atoms with E-state index in [9.17, 15) is 8.42 Å². The molecule has 8 nitrogen and oxygen atoms in total. The number of tetrazole rings is 1. The molecular weight excluding hydrogens is 324 g/mol. The van der Waals surface area contributed by atoms with Gasteiger partial charge in [-0.05, 0) is 39.7 Å². The summed E-state index contributed by atoms with van der Waals surface area (Å²) in [6.45, 7) is 4.14. The normalized spacial score (nSPS) is 20.5. The molecule has 0 aliphatic carbocycles. The van der Waals surface area contributed by atoms with E-state index in [2.05, 4.69) is 20.9 Å². The van der Waals surface area contributed by atoms with Crippen LogP contribution in [0.2, 0.25) is 0 Å². The van der Waals surface area contributed by atoms with Gasteiger partial charge in [0.25, 0.3) is 0 Å². The molecule has 0 saturated carbocycles. The quantitative estimate of drug-likeness (QED) is 0.792. The highest BCUT2D eigenvalue weighted by molar-refractivity contribution is 7.88. The second kappa shape index (κ2) is 5.94. The maximum absolute atomic E-state index is 11.7. The molecule has 0 amide bonds. The molecule has 0 spiro atoms. The van der Waals surface area contributed by atoms with Crippen LogP contribution in [0, 0.1) is 0 Å². The summed E-state index contributed by atoms with van der Waals surface area (Å²) in [6.07, 6.45) is 1.25. The zero-order valence-corrected chi connectivity index (χ0v) is 14.1. The number of hydrogen-bond donors (Lipinski definition) is 0. The number of hydrogen-bond acceptors (Lipinski definition) is 7. The Morgan fingerprint density at radius 2 is 2.23 bits per heavy atom. The highest BCUT2D eigenvalue weighted by Crippen LogP contribution is 2.19. The van der Waals surface area contributed by atoms with Crippen molar-refractivity contribution in [2.75, 3.05) is 30.8 Å². The lowest BCUT2D eigenvalue weighted by Gasteiger charge is -2.38. The number of nitrogens with zero attached hydrogens (tertiary/aromatic N) is 6. The van der Waals surface area contributed by atoms with Gasteiger partial charge in [-0.1, -0.05) is 5.10 Å². The smallest absolute Gasteiger partial charge is 0.245 e. The Kier molecular flexibility index (Phi) is 4.15. The first-order chi connectivity index (χ1) is 10.4. The van der Waals surface area contributed by atoms with Gasteiger partial charge >= 0.3 is 0 Å². The fourth-order valence-corrected chi connectivity index (χ4v) is 4.49. The molecule has 10 heteroatoms. The van der Waals surface area contributed by atoms with Gasteiger partial charge in [0, 0.05) is 25.7 Å². The maximum Gasteiger partial charge on any atom is 0.245 e. The van der Waals surface area contributed by atoms with E-state index < -0.39 is 10.0 Å². The molecule has 0 N–H and O–H groups in total. The first kappa shape index (κ1) is 15.4. The first-order valence-corrected chi connectivity index (χ1v) is 9.73. The number of aromatic nitrogens is 4. The van der Waals surface area contributed by atoms with E-state index in [1.165, 1.54) is 10.6 Å². The van der Waals surface area contributed by atoms with Gasteiger partial charge in [-0.15, -0.1) is 0 Å². The Balaban J connectivity index is 1.75. The molecule has 3 heterocycles. The molecule has 0 radical (unpaired) electrons. The Morgan fingerprint density at radius 3 is 2.86 bits per heavy atom. The van der Waals surface area contributed by atoms with Crippen molar-refractivity contribution < 1.29 is 8.42 Å². The topological polar surface area (TPSA) is 84.2 Å². The van der Waals surface area contributed by atoms with Crippen molar-refractivity contribution in [3.05, 3.63) is 22.4 Å². The van der Waals surface area contributed by atoms with E-state index in [-0.39, 0.29) is 6.04 Å². The van der Waals surface area contributed by atoms with Crippen LogP contribution < -0.4 is 4.90 Å². The predicted octanol–water partition coefficient (Wildman–Crippen LogP) is 0.253. The van der Waals surface area contributed by atoms with Gasteiger partial charge in [0.05, 0.1) is 12.8 Å². The Hall–Kier alpha value is -1.52. The standard InChI is InChI=1S/C12H18N6O2S2/c1-10-7-16(4-5-18(10)22(2,19)20)12-13-14-15-17(12)8-11-3-6-21-9-11/h3,6,9-10H,4-5,7-8H2,1-2H3/t10-/m1/s1. The van der Waals surface area contributed by atoms with Gasteiger partial charge in [-0.25, -0.2) is 13.1 Å². The summed E-state index contributed by atoms with van der Waals surface area (Å²) >= 11 is 1.64. The zero-order chi connectivity index (χ0) is 15.7. The SMILES string of the molecule is C[C@@H]1CN(c2nnnn2Cc2ccsc2)CCN1S(C)(=O)=O. The average molecular weight is 342 g/mol. The highest BCUT2D eigenvalue weighted by Gasteiger charge is 2.31. The molecule has 1 aliphatic heterocycles. The van der Waals surface area contributed by atoms with E-state index in [1.807, 2.05) is 23.3 Å². The van der Waals surface area contributed by atoms with Gasteiger partial charge in [0.15, 0.2) is 0 Å². The molecule has 1 saturated heterocycles. The number of thiophene rings is 1. The van der Waals surface area contributed by atoms with Crippen LogP contribution in [0.15, 0.2) is 16.8 Å². The third-order valence-corrected chi connectivity index (χ3v) is 5.83. The van der Waals surface area contributed by atoms with Crippen LogP contribution in [0.5, 0.6) is 0 Å². The van der Waals surface area contributed by atoms with Crippen molar-refractivity contribution in [2.45, 2.75) is 19.5 Å². The van der Waals surface area contributed by atoms with E-state index in [4.69, 9.17) is 0 Å². The molecule has 2 aromatic heterocycles. The minimum absolute atomic E-state index is 0.102. The summed E-state index contributed by atoms with van der Waals surface area (Å²) in [4.78, 5) is 2.04. The largest absolute Gasteiger partial charge is 0.337 e. The lowest BCUT2D eigenvalue weighted by atomic mass is 10.2. The predicted molar refractivity (Wildman–Crippen MR) is 84.5 cm³/mol. The van der Waals surface area contributed by atoms with Gasteiger partial charge in [0.1, 0.15) is 0 Å². The average Bonchev–Trinajstić information content (AvgIpc) is 3.09. The van der Waals surface area contributed by atoms with Gasteiger partial charge in [-0.3, -0.25) is 0 Å². The summed E-state index contributed by atoms with van der Waals surface area (Å²) in [6, 6.07) is 1.94. The molecule has 1 atom stereocenters. The Morgan fingerprint density at radius 1 is 1.41 bits per heavy atom. The van der Waals surface area contributed by atoms with Crippen molar-refractivity contribution in [1.82, 2.24) is 24.5 Å². The molecule has 22 heavy (non-hydrogen) atoms. The molecule has 1 aliphatic rings. The van der Waals surface area contributed by atoms with E-state index in [1.54, 1.807) is 16.0 Å². The number of piperazine rings is 1. The molecule has 120 valence electrons. The summed E-state index contributed by atoms with van der Waals surface area (Å²) in [5.41, 5.74) is 1.15. The number of anilines is 1. The third-order valence-electron chi connectivity index (χ3n) is 3.70. The molecular formula is C12H18N6O2S2. The molecule has 1 fully saturated rings. The van der Waals surface area contributed by atoms with Crippen LogP contribution in [0.4, 0.5) is 5.95 Å². The van der Waals surface area contributed by atoms with Crippen molar-refractivity contribution in [1.29, 1.82) is 0 Å². The fraction of sp³-hybridized carbons (Fsp3) is 0.583. The van der Waals surface area contributed by atoms with Crippen LogP contribution in [0.25, 0.3) is 0 Å². The lowest BCUT2D eigenvalue weighted by molar-refractivity contribution is 0.305. The summed E-state index contributed by atoms with van der Waals surface area (Å²) < 4.78 is 26.7. The van der Waals surface area contributed by atoms with Crippen molar-refractivity contribution in [2.24, 2.45) is 0 Å². The molecule has 3 rings (SSSR count). The van der Waals surface area contributed by atoms with E-state index in [0.29, 0.717) is 32.1 Å². The number of rotatable bonds is 4. The third kappa shape index (κ3) is 3.13. The van der Waals surface area contributed by atoms with Gasteiger partial charge in [0.2, 0.25) is 16.0 Å². The van der Waals surface area contributed by atoms with Gasteiger partial charge in [-0.2, -0.15) is 15.6 Å². The lowest BCUT2D eigenvalue weighted by Crippen LogP contribution is -2.54. The Labute approximate surface area is 133 Å². The zero-order valence-electron chi connectivity index (χ0n) is 12.5. The van der Waals surface area contributed by atoms with Crippen LogP contribution in [-0.4, -0.2) is 64.9 Å². The van der Waals surface area contributed by atoms with E-state index >= 15 is 0 Å². The second-order valence-electron chi connectivity index (χ2n) is 5.44. The van der Waals surface area contributed by atoms with Crippen molar-refractivity contribution in [3.8, 4) is 0 Å². The fourth-order valence-electron chi connectivity index (χ4n) is 2.70. The molecule has 0 aromatic carbocycles. The number of sulfonamides is 1. The molecule has 0 unspecified atom stereocenters. The second-order valence-corrected chi connectivity index (χ2v) is 8.15.